The smallest absolute Gasteiger partial charge is 0.379 e. The summed E-state index contributed by atoms with van der Waals surface area (Å²) in [6.45, 7) is 6.91. The summed E-state index contributed by atoms with van der Waals surface area (Å²) in [5.74, 6) is 0. The van der Waals surface area contributed by atoms with Crippen LogP contribution in [0.1, 0.15) is 77.6 Å². The Morgan fingerprint density at radius 1 is 0.455 bits per heavy atom. The molecule has 2 N–H and O–H groups in total. The topological polar surface area (TPSA) is 113 Å². The van der Waals surface area contributed by atoms with E-state index in [0.717, 1.165) is 13.0 Å². The minimum absolute atomic E-state index is 0.103. The Labute approximate surface area is 201 Å². The third kappa shape index (κ3) is 31.9. The van der Waals surface area contributed by atoms with E-state index >= 15 is 0 Å². The first kappa shape index (κ1) is 32.9. The van der Waals surface area contributed by atoms with Gasteiger partial charge in [-0.25, -0.2) is 4.57 Å². The molecule has 9 nitrogen and oxygen atoms in total. The van der Waals surface area contributed by atoms with Crippen molar-refractivity contribution in [3.05, 3.63) is 0 Å². The second-order valence-electron chi connectivity index (χ2n) is 7.92. The highest BCUT2D eigenvalue weighted by Gasteiger charge is 2.12. The van der Waals surface area contributed by atoms with Gasteiger partial charge in [-0.15, -0.1) is 0 Å². The fourth-order valence-corrected chi connectivity index (χ4v) is 3.38. The summed E-state index contributed by atoms with van der Waals surface area (Å²) in [7, 11) is -4.41. The number of unbranched alkanes of at least 4 members (excludes halogenated alkanes) is 10. The van der Waals surface area contributed by atoms with Crippen LogP contribution in [0, 0.1) is 0 Å². The van der Waals surface area contributed by atoms with Gasteiger partial charge < -0.3 is 33.5 Å². The van der Waals surface area contributed by atoms with Crippen LogP contribution in [0.2, 0.25) is 0 Å². The summed E-state index contributed by atoms with van der Waals surface area (Å²) in [5.41, 5.74) is 0. The second-order valence-corrected chi connectivity index (χ2v) is 9.16. The maximum absolute atomic E-state index is 10.4. The van der Waals surface area contributed by atoms with Gasteiger partial charge in [0.1, 0.15) is 0 Å². The van der Waals surface area contributed by atoms with Gasteiger partial charge in [0, 0.05) is 6.61 Å². The number of hydrogen-bond donors (Lipinski definition) is 2. The molecule has 0 fully saturated rings. The molecule has 200 valence electrons. The highest BCUT2D eigenvalue weighted by molar-refractivity contribution is 7.46. The molecule has 0 aromatic heterocycles. The molecule has 0 aromatic rings. The molecule has 33 heavy (non-hydrogen) atoms. The minimum atomic E-state index is -4.41. The lowest BCUT2D eigenvalue weighted by Gasteiger charge is -2.08. The zero-order chi connectivity index (χ0) is 24.3. The molecular weight excluding hydrogens is 451 g/mol. The van der Waals surface area contributed by atoms with Crippen LogP contribution in [0.15, 0.2) is 0 Å². The Morgan fingerprint density at radius 3 is 1.12 bits per heavy atom. The Morgan fingerprint density at radius 2 is 0.758 bits per heavy atom. The van der Waals surface area contributed by atoms with E-state index in [1.807, 2.05) is 0 Å². The van der Waals surface area contributed by atoms with Gasteiger partial charge >= 0.3 is 7.82 Å². The lowest BCUT2D eigenvalue weighted by Crippen LogP contribution is -2.14. The molecule has 0 radical (unpaired) electrons. The Balaban J connectivity index is 3.03. The number of ether oxygens (including phenoxy) is 5. The maximum atomic E-state index is 10.4. The molecule has 0 saturated heterocycles. The first-order chi connectivity index (χ1) is 16.1. The molecule has 0 saturated carbocycles. The second kappa shape index (κ2) is 26.5. The fraction of sp³-hybridized carbons (Fsp3) is 1.00. The highest BCUT2D eigenvalue weighted by atomic mass is 31.2. The number of phosphoric ester groups is 1. The van der Waals surface area contributed by atoms with Crippen molar-refractivity contribution in [2.75, 3.05) is 72.7 Å². The normalized spacial score (nSPS) is 12.0. The highest BCUT2D eigenvalue weighted by Crippen LogP contribution is 2.35. The van der Waals surface area contributed by atoms with Crippen molar-refractivity contribution < 1.29 is 42.6 Å². The third-order valence-electron chi connectivity index (χ3n) is 4.87. The van der Waals surface area contributed by atoms with Gasteiger partial charge in [-0.3, -0.25) is 4.52 Å². The van der Waals surface area contributed by atoms with Crippen LogP contribution in [0.4, 0.5) is 0 Å². The van der Waals surface area contributed by atoms with Gasteiger partial charge in [-0.2, -0.15) is 0 Å². The van der Waals surface area contributed by atoms with Gasteiger partial charge in [0.25, 0.3) is 0 Å². The third-order valence-corrected chi connectivity index (χ3v) is 5.39. The van der Waals surface area contributed by atoms with Crippen molar-refractivity contribution in [3.63, 3.8) is 0 Å². The van der Waals surface area contributed by atoms with Gasteiger partial charge in [0.05, 0.1) is 66.1 Å². The van der Waals surface area contributed by atoms with Crippen molar-refractivity contribution in [1.29, 1.82) is 0 Å². The van der Waals surface area contributed by atoms with Gasteiger partial charge in [0.2, 0.25) is 0 Å². The van der Waals surface area contributed by atoms with E-state index in [1.54, 1.807) is 0 Å². The molecule has 0 aromatic carbocycles. The van der Waals surface area contributed by atoms with Gasteiger partial charge in [-0.1, -0.05) is 71.1 Å². The molecule has 0 rings (SSSR count). The largest absolute Gasteiger partial charge is 0.469 e. The summed E-state index contributed by atoms with van der Waals surface area (Å²) < 4.78 is 41.6. The van der Waals surface area contributed by atoms with Crippen LogP contribution in [0.5, 0.6) is 0 Å². The monoisotopic (exact) mass is 500 g/mol. The number of hydrogen-bond acceptors (Lipinski definition) is 7. The fourth-order valence-electron chi connectivity index (χ4n) is 3.07. The zero-order valence-corrected chi connectivity index (χ0v) is 21.7. The van der Waals surface area contributed by atoms with Crippen LogP contribution in [0.25, 0.3) is 0 Å². The predicted octanol–water partition coefficient (Wildman–Crippen LogP) is 4.49. The average Bonchev–Trinajstić information content (AvgIpc) is 2.78. The lowest BCUT2D eigenvalue weighted by atomic mass is 10.1. The van der Waals surface area contributed by atoms with E-state index in [2.05, 4.69) is 11.4 Å². The van der Waals surface area contributed by atoms with E-state index in [-0.39, 0.29) is 13.2 Å². The summed E-state index contributed by atoms with van der Waals surface area (Å²) in [6, 6.07) is 0. The predicted molar refractivity (Wildman–Crippen MR) is 129 cm³/mol. The molecule has 0 spiro atoms. The number of phosphoric acid groups is 1. The summed E-state index contributed by atoms with van der Waals surface area (Å²) in [6.07, 6.45) is 14.8. The Bertz CT molecular complexity index is 421. The summed E-state index contributed by atoms with van der Waals surface area (Å²) >= 11 is 0. The minimum Gasteiger partial charge on any atom is -0.379 e. The molecule has 0 aliphatic heterocycles. The Kier molecular flexibility index (Phi) is 26.4. The number of rotatable bonds is 28. The van der Waals surface area contributed by atoms with E-state index in [0.29, 0.717) is 52.9 Å². The van der Waals surface area contributed by atoms with Crippen molar-refractivity contribution >= 4 is 7.82 Å². The lowest BCUT2D eigenvalue weighted by molar-refractivity contribution is -0.0134. The molecule has 0 heterocycles. The molecule has 10 heteroatoms. The van der Waals surface area contributed by atoms with E-state index in [1.165, 1.54) is 64.2 Å². The molecule has 0 bridgehead atoms. The summed E-state index contributed by atoms with van der Waals surface area (Å²) in [5, 5.41) is 0. The summed E-state index contributed by atoms with van der Waals surface area (Å²) in [4.78, 5) is 17.0. The van der Waals surface area contributed by atoms with Crippen LogP contribution in [-0.2, 0) is 32.8 Å². The van der Waals surface area contributed by atoms with E-state index in [4.69, 9.17) is 33.5 Å². The van der Waals surface area contributed by atoms with Crippen molar-refractivity contribution in [1.82, 2.24) is 0 Å². The molecule has 0 unspecified atom stereocenters. The van der Waals surface area contributed by atoms with Crippen molar-refractivity contribution in [3.8, 4) is 0 Å². The first-order valence-corrected chi connectivity index (χ1v) is 14.2. The van der Waals surface area contributed by atoms with Crippen molar-refractivity contribution in [2.24, 2.45) is 0 Å². The molecule has 0 amide bonds. The maximum Gasteiger partial charge on any atom is 0.469 e. The molecule has 0 atom stereocenters. The van der Waals surface area contributed by atoms with Crippen LogP contribution in [-0.4, -0.2) is 82.5 Å². The standard InChI is InChI=1S/C23H49O9P/c1-2-3-4-5-6-7-8-9-10-11-12-13-27-14-15-28-16-17-29-18-19-30-20-21-31-22-23-32-33(24,25)26/h2-23H2,1H3,(H2,24,25,26). The SMILES string of the molecule is CCCCCCCCCCCCCOCCOCCOCCOCCOCCOP(=O)(O)O. The van der Waals surface area contributed by atoms with E-state index < -0.39 is 7.82 Å². The molecule has 0 aliphatic rings. The first-order valence-electron chi connectivity index (χ1n) is 12.6. The Hall–Kier alpha value is -0.0900. The van der Waals surface area contributed by atoms with Crippen LogP contribution in [0.3, 0.4) is 0 Å². The zero-order valence-electron chi connectivity index (χ0n) is 20.8. The van der Waals surface area contributed by atoms with Gasteiger partial charge in [0.15, 0.2) is 0 Å². The van der Waals surface area contributed by atoms with Gasteiger partial charge in [-0.05, 0) is 6.42 Å². The molecule has 0 aliphatic carbocycles. The van der Waals surface area contributed by atoms with Crippen molar-refractivity contribution in [2.45, 2.75) is 77.6 Å². The average molecular weight is 501 g/mol. The van der Waals surface area contributed by atoms with Crippen LogP contribution >= 0.6 is 7.82 Å². The van der Waals surface area contributed by atoms with E-state index in [9.17, 15) is 4.57 Å². The molecular formula is C23H49O9P. The quantitative estimate of drug-likeness (QED) is 0.118. The van der Waals surface area contributed by atoms with Crippen LogP contribution < -0.4 is 0 Å².